The Hall–Kier alpha value is -3.02. The topological polar surface area (TPSA) is 62.2 Å². The standard InChI is InChI=1S/C21H23N5O/c1-25(2)21(27)16-9-13-26(14-10-16)20-17-5-3-4-6-18(17)23-19(24-20)15-7-11-22-12-8-15/h3-8,11-12,16H,9-10,13-14H2,1-2H3. The Balaban J connectivity index is 1.68. The van der Waals surface area contributed by atoms with E-state index in [0.717, 1.165) is 48.2 Å². The van der Waals surface area contributed by atoms with Crippen LogP contribution in [0.5, 0.6) is 0 Å². The molecule has 0 spiro atoms. The molecule has 1 saturated heterocycles. The number of anilines is 1. The summed E-state index contributed by atoms with van der Waals surface area (Å²) in [6.45, 7) is 1.64. The summed E-state index contributed by atoms with van der Waals surface area (Å²) in [5, 5.41) is 1.05. The van der Waals surface area contributed by atoms with Gasteiger partial charge in [-0.2, -0.15) is 0 Å². The predicted octanol–water partition coefficient (Wildman–Crippen LogP) is 3.00. The third-order valence-electron chi connectivity index (χ3n) is 5.11. The highest BCUT2D eigenvalue weighted by atomic mass is 16.2. The molecular weight excluding hydrogens is 338 g/mol. The third-order valence-corrected chi connectivity index (χ3v) is 5.11. The van der Waals surface area contributed by atoms with Crippen LogP contribution in [0.4, 0.5) is 5.82 Å². The quantitative estimate of drug-likeness (QED) is 0.718. The largest absolute Gasteiger partial charge is 0.356 e. The zero-order valence-electron chi connectivity index (χ0n) is 15.7. The number of aromatic nitrogens is 3. The lowest BCUT2D eigenvalue weighted by Gasteiger charge is -2.33. The number of amides is 1. The SMILES string of the molecule is CN(C)C(=O)C1CCN(c2nc(-c3ccncc3)nc3ccccc23)CC1. The summed E-state index contributed by atoms with van der Waals surface area (Å²) in [5.41, 5.74) is 1.88. The minimum Gasteiger partial charge on any atom is -0.356 e. The third kappa shape index (κ3) is 3.47. The van der Waals surface area contributed by atoms with Crippen molar-refractivity contribution in [2.75, 3.05) is 32.1 Å². The minimum atomic E-state index is 0.101. The van der Waals surface area contributed by atoms with E-state index in [1.54, 1.807) is 17.3 Å². The Morgan fingerprint density at radius 3 is 2.44 bits per heavy atom. The molecule has 2 aromatic heterocycles. The number of carbonyl (C=O) groups excluding carboxylic acids is 1. The number of para-hydroxylation sites is 1. The van der Waals surface area contributed by atoms with E-state index >= 15 is 0 Å². The first kappa shape index (κ1) is 17.4. The van der Waals surface area contributed by atoms with Crippen molar-refractivity contribution in [3.8, 4) is 11.4 Å². The van der Waals surface area contributed by atoms with E-state index in [1.165, 1.54) is 0 Å². The van der Waals surface area contributed by atoms with Gasteiger partial charge in [-0.15, -0.1) is 0 Å². The van der Waals surface area contributed by atoms with Crippen molar-refractivity contribution < 1.29 is 4.79 Å². The molecule has 0 unspecified atom stereocenters. The molecule has 1 amide bonds. The van der Waals surface area contributed by atoms with Crippen molar-refractivity contribution in [1.29, 1.82) is 0 Å². The molecule has 27 heavy (non-hydrogen) atoms. The Kier molecular flexibility index (Phi) is 4.71. The highest BCUT2D eigenvalue weighted by Gasteiger charge is 2.27. The molecule has 138 valence electrons. The van der Waals surface area contributed by atoms with Gasteiger partial charge in [-0.3, -0.25) is 9.78 Å². The van der Waals surface area contributed by atoms with Crippen LogP contribution >= 0.6 is 0 Å². The van der Waals surface area contributed by atoms with Crippen molar-refractivity contribution in [1.82, 2.24) is 19.9 Å². The zero-order valence-corrected chi connectivity index (χ0v) is 15.7. The van der Waals surface area contributed by atoms with Crippen molar-refractivity contribution >= 4 is 22.6 Å². The lowest BCUT2D eigenvalue weighted by atomic mass is 9.95. The molecule has 6 heteroatoms. The summed E-state index contributed by atoms with van der Waals surface area (Å²) in [6.07, 6.45) is 5.21. The van der Waals surface area contributed by atoms with Gasteiger partial charge in [0, 0.05) is 56.4 Å². The Bertz CT molecular complexity index is 949. The zero-order chi connectivity index (χ0) is 18.8. The van der Waals surface area contributed by atoms with Crippen LogP contribution in [-0.4, -0.2) is 52.9 Å². The molecule has 0 bridgehead atoms. The fourth-order valence-corrected chi connectivity index (χ4v) is 3.63. The van der Waals surface area contributed by atoms with Crippen LogP contribution in [0.2, 0.25) is 0 Å². The normalized spacial score (nSPS) is 15.1. The Morgan fingerprint density at radius 2 is 1.74 bits per heavy atom. The first-order valence-corrected chi connectivity index (χ1v) is 9.27. The molecule has 1 fully saturated rings. The molecule has 0 N–H and O–H groups in total. The molecular formula is C21H23N5O. The van der Waals surface area contributed by atoms with Gasteiger partial charge in [-0.05, 0) is 37.1 Å². The fraction of sp³-hybridized carbons (Fsp3) is 0.333. The van der Waals surface area contributed by atoms with Gasteiger partial charge in [0.2, 0.25) is 5.91 Å². The average Bonchev–Trinajstić information content (AvgIpc) is 2.73. The fourth-order valence-electron chi connectivity index (χ4n) is 3.63. The minimum absolute atomic E-state index is 0.101. The summed E-state index contributed by atoms with van der Waals surface area (Å²) in [7, 11) is 3.65. The summed E-state index contributed by atoms with van der Waals surface area (Å²) >= 11 is 0. The van der Waals surface area contributed by atoms with E-state index in [4.69, 9.17) is 9.97 Å². The number of rotatable bonds is 3. The van der Waals surface area contributed by atoms with Gasteiger partial charge in [0.25, 0.3) is 0 Å². The first-order valence-electron chi connectivity index (χ1n) is 9.27. The van der Waals surface area contributed by atoms with E-state index in [2.05, 4.69) is 16.0 Å². The number of fused-ring (bicyclic) bond motifs is 1. The van der Waals surface area contributed by atoms with E-state index in [9.17, 15) is 4.79 Å². The smallest absolute Gasteiger partial charge is 0.225 e. The molecule has 6 nitrogen and oxygen atoms in total. The summed E-state index contributed by atoms with van der Waals surface area (Å²) in [4.78, 5) is 30.0. The number of benzene rings is 1. The predicted molar refractivity (Wildman–Crippen MR) is 106 cm³/mol. The van der Waals surface area contributed by atoms with E-state index in [1.807, 2.05) is 44.4 Å². The maximum Gasteiger partial charge on any atom is 0.225 e. The molecule has 0 radical (unpaired) electrons. The van der Waals surface area contributed by atoms with Crippen LogP contribution < -0.4 is 4.90 Å². The van der Waals surface area contributed by atoms with Crippen LogP contribution in [0.15, 0.2) is 48.8 Å². The molecule has 0 saturated carbocycles. The second-order valence-corrected chi connectivity index (χ2v) is 7.12. The number of carbonyl (C=O) groups is 1. The number of hydrogen-bond donors (Lipinski definition) is 0. The highest BCUT2D eigenvalue weighted by molar-refractivity contribution is 5.91. The Labute approximate surface area is 158 Å². The molecule has 0 aliphatic carbocycles. The van der Waals surface area contributed by atoms with Crippen molar-refractivity contribution in [2.24, 2.45) is 5.92 Å². The van der Waals surface area contributed by atoms with E-state index < -0.39 is 0 Å². The number of hydrogen-bond acceptors (Lipinski definition) is 5. The van der Waals surface area contributed by atoms with Crippen LogP contribution in [-0.2, 0) is 4.79 Å². The maximum absolute atomic E-state index is 12.3. The van der Waals surface area contributed by atoms with Gasteiger partial charge >= 0.3 is 0 Å². The van der Waals surface area contributed by atoms with E-state index in [-0.39, 0.29) is 11.8 Å². The molecule has 0 atom stereocenters. The molecule has 3 heterocycles. The van der Waals surface area contributed by atoms with Crippen molar-refractivity contribution in [3.63, 3.8) is 0 Å². The lowest BCUT2D eigenvalue weighted by Crippen LogP contribution is -2.40. The molecule has 1 aliphatic rings. The highest BCUT2D eigenvalue weighted by Crippen LogP contribution is 2.30. The lowest BCUT2D eigenvalue weighted by molar-refractivity contribution is -0.133. The van der Waals surface area contributed by atoms with Gasteiger partial charge in [0.1, 0.15) is 5.82 Å². The van der Waals surface area contributed by atoms with Crippen molar-refractivity contribution in [3.05, 3.63) is 48.8 Å². The van der Waals surface area contributed by atoms with Gasteiger partial charge in [0.15, 0.2) is 5.82 Å². The van der Waals surface area contributed by atoms with Crippen LogP contribution in [0.3, 0.4) is 0 Å². The van der Waals surface area contributed by atoms with Crippen LogP contribution in [0, 0.1) is 5.92 Å². The molecule has 4 rings (SSSR count). The summed E-state index contributed by atoms with van der Waals surface area (Å²) in [6, 6.07) is 12.0. The second kappa shape index (κ2) is 7.31. The number of nitrogens with zero attached hydrogens (tertiary/aromatic N) is 5. The second-order valence-electron chi connectivity index (χ2n) is 7.12. The molecule has 3 aromatic rings. The van der Waals surface area contributed by atoms with Crippen molar-refractivity contribution in [2.45, 2.75) is 12.8 Å². The van der Waals surface area contributed by atoms with Gasteiger partial charge in [-0.1, -0.05) is 12.1 Å². The van der Waals surface area contributed by atoms with E-state index in [0.29, 0.717) is 5.82 Å². The average molecular weight is 361 g/mol. The number of pyridine rings is 1. The van der Waals surface area contributed by atoms with Crippen LogP contribution in [0.25, 0.3) is 22.3 Å². The monoisotopic (exact) mass is 361 g/mol. The first-order chi connectivity index (χ1) is 13.1. The Morgan fingerprint density at radius 1 is 1.04 bits per heavy atom. The van der Waals surface area contributed by atoms with Gasteiger partial charge < -0.3 is 9.80 Å². The van der Waals surface area contributed by atoms with Crippen LogP contribution in [0.1, 0.15) is 12.8 Å². The van der Waals surface area contributed by atoms with Gasteiger partial charge in [0.05, 0.1) is 5.52 Å². The maximum atomic E-state index is 12.3. The molecule has 1 aromatic carbocycles. The molecule has 1 aliphatic heterocycles. The number of piperidine rings is 1. The summed E-state index contributed by atoms with van der Waals surface area (Å²) < 4.78 is 0. The summed E-state index contributed by atoms with van der Waals surface area (Å²) in [5.74, 6) is 1.98. The van der Waals surface area contributed by atoms with Gasteiger partial charge in [-0.25, -0.2) is 9.97 Å².